The van der Waals surface area contributed by atoms with Gasteiger partial charge in [-0.1, -0.05) is 6.92 Å². The zero-order valence-corrected chi connectivity index (χ0v) is 7.98. The standard InChI is InChI=1S/C9H10N2S/c1-3-7-9-8(4-5-12-9)11-6(2)10-7/h4-5H,3H2,1-2H3. The van der Waals surface area contributed by atoms with Gasteiger partial charge in [0, 0.05) is 0 Å². The van der Waals surface area contributed by atoms with Crippen molar-refractivity contribution < 1.29 is 0 Å². The second kappa shape index (κ2) is 2.83. The van der Waals surface area contributed by atoms with Crippen LogP contribution in [0.2, 0.25) is 0 Å². The lowest BCUT2D eigenvalue weighted by Gasteiger charge is -1.98. The predicted octanol–water partition coefficient (Wildman–Crippen LogP) is 2.56. The summed E-state index contributed by atoms with van der Waals surface area (Å²) in [6.07, 6.45) is 0.986. The van der Waals surface area contributed by atoms with Crippen LogP contribution in [0, 0.1) is 6.92 Å². The van der Waals surface area contributed by atoms with Crippen LogP contribution in [0.15, 0.2) is 11.4 Å². The van der Waals surface area contributed by atoms with E-state index in [1.54, 1.807) is 11.3 Å². The topological polar surface area (TPSA) is 25.8 Å². The highest BCUT2D eigenvalue weighted by Gasteiger charge is 2.03. The van der Waals surface area contributed by atoms with Gasteiger partial charge < -0.3 is 0 Å². The number of hydrogen-bond acceptors (Lipinski definition) is 3. The van der Waals surface area contributed by atoms with Crippen LogP contribution in [-0.2, 0) is 6.42 Å². The summed E-state index contributed by atoms with van der Waals surface area (Å²) in [6, 6.07) is 2.05. The molecule has 0 saturated carbocycles. The fraction of sp³-hybridized carbons (Fsp3) is 0.333. The summed E-state index contributed by atoms with van der Waals surface area (Å²) in [4.78, 5) is 8.73. The number of thiophene rings is 1. The average molecular weight is 178 g/mol. The SMILES string of the molecule is CCc1nc(C)nc2ccsc12. The molecule has 0 amide bonds. The molecule has 0 unspecified atom stereocenters. The van der Waals surface area contributed by atoms with Crippen LogP contribution in [0.4, 0.5) is 0 Å². The van der Waals surface area contributed by atoms with Gasteiger partial charge in [-0.25, -0.2) is 9.97 Å². The van der Waals surface area contributed by atoms with Gasteiger partial charge in [-0.3, -0.25) is 0 Å². The van der Waals surface area contributed by atoms with E-state index in [2.05, 4.69) is 22.3 Å². The van der Waals surface area contributed by atoms with Crippen molar-refractivity contribution in [1.29, 1.82) is 0 Å². The molecule has 2 aromatic heterocycles. The minimum atomic E-state index is 0.873. The van der Waals surface area contributed by atoms with Crippen LogP contribution in [0.25, 0.3) is 10.2 Å². The molecule has 0 fully saturated rings. The van der Waals surface area contributed by atoms with Gasteiger partial charge in [-0.2, -0.15) is 0 Å². The number of fused-ring (bicyclic) bond motifs is 1. The summed E-state index contributed by atoms with van der Waals surface area (Å²) < 4.78 is 1.24. The summed E-state index contributed by atoms with van der Waals surface area (Å²) in [7, 11) is 0. The van der Waals surface area contributed by atoms with Crippen molar-refractivity contribution in [2.75, 3.05) is 0 Å². The number of hydrogen-bond donors (Lipinski definition) is 0. The molecule has 12 heavy (non-hydrogen) atoms. The van der Waals surface area contributed by atoms with Gasteiger partial charge in [0.1, 0.15) is 5.82 Å². The summed E-state index contributed by atoms with van der Waals surface area (Å²) in [5, 5.41) is 2.07. The van der Waals surface area contributed by atoms with Gasteiger partial charge in [0.25, 0.3) is 0 Å². The molecular weight excluding hydrogens is 168 g/mol. The second-order valence-corrected chi connectivity index (χ2v) is 3.62. The van der Waals surface area contributed by atoms with Gasteiger partial charge >= 0.3 is 0 Å². The molecule has 0 radical (unpaired) electrons. The molecular formula is C9H10N2S. The second-order valence-electron chi connectivity index (χ2n) is 2.71. The molecule has 62 valence electrons. The molecule has 0 N–H and O–H groups in total. The van der Waals surface area contributed by atoms with Crippen molar-refractivity contribution >= 4 is 21.6 Å². The Hall–Kier alpha value is -0.960. The molecule has 0 aliphatic rings. The van der Waals surface area contributed by atoms with Crippen molar-refractivity contribution in [3.05, 3.63) is 23.0 Å². The largest absolute Gasteiger partial charge is 0.237 e. The maximum atomic E-state index is 4.39. The van der Waals surface area contributed by atoms with Gasteiger partial charge in [-0.15, -0.1) is 11.3 Å². The predicted molar refractivity (Wildman–Crippen MR) is 51.5 cm³/mol. The molecule has 0 bridgehead atoms. The Morgan fingerprint density at radius 2 is 2.25 bits per heavy atom. The number of nitrogens with zero attached hydrogens (tertiary/aromatic N) is 2. The molecule has 2 aromatic rings. The lowest BCUT2D eigenvalue weighted by Crippen LogP contribution is -1.93. The summed E-state index contributed by atoms with van der Waals surface area (Å²) in [5.41, 5.74) is 2.26. The normalized spacial score (nSPS) is 10.8. The number of aryl methyl sites for hydroxylation is 2. The van der Waals surface area contributed by atoms with E-state index in [0.717, 1.165) is 17.8 Å². The molecule has 0 aliphatic carbocycles. The van der Waals surface area contributed by atoms with Crippen LogP contribution in [0.1, 0.15) is 18.4 Å². The fourth-order valence-corrected chi connectivity index (χ4v) is 2.18. The minimum absolute atomic E-state index is 0.873. The van der Waals surface area contributed by atoms with Gasteiger partial charge in [0.15, 0.2) is 0 Å². The highest BCUT2D eigenvalue weighted by atomic mass is 32.1. The first-order valence-electron chi connectivity index (χ1n) is 4.02. The van der Waals surface area contributed by atoms with E-state index in [4.69, 9.17) is 0 Å². The summed E-state index contributed by atoms with van der Waals surface area (Å²) in [5.74, 6) is 0.873. The van der Waals surface area contributed by atoms with Crippen molar-refractivity contribution in [3.8, 4) is 0 Å². The molecule has 2 rings (SSSR count). The van der Waals surface area contributed by atoms with E-state index in [-0.39, 0.29) is 0 Å². The lowest BCUT2D eigenvalue weighted by molar-refractivity contribution is 0.986. The zero-order chi connectivity index (χ0) is 8.55. The molecule has 2 nitrogen and oxygen atoms in total. The third kappa shape index (κ3) is 1.10. The van der Waals surface area contributed by atoms with E-state index in [1.165, 1.54) is 10.4 Å². The summed E-state index contributed by atoms with van der Waals surface area (Å²) in [6.45, 7) is 4.07. The highest BCUT2D eigenvalue weighted by molar-refractivity contribution is 7.17. The van der Waals surface area contributed by atoms with Gasteiger partial charge in [0.05, 0.1) is 15.9 Å². The maximum Gasteiger partial charge on any atom is 0.126 e. The van der Waals surface area contributed by atoms with Gasteiger partial charge in [-0.05, 0) is 24.8 Å². The molecule has 0 spiro atoms. The molecule has 0 saturated heterocycles. The molecule has 0 atom stereocenters. The van der Waals surface area contributed by atoms with E-state index < -0.39 is 0 Å². The number of aromatic nitrogens is 2. The van der Waals surface area contributed by atoms with Crippen molar-refractivity contribution in [2.24, 2.45) is 0 Å². The zero-order valence-electron chi connectivity index (χ0n) is 7.16. The first-order chi connectivity index (χ1) is 5.81. The minimum Gasteiger partial charge on any atom is -0.237 e. The Morgan fingerprint density at radius 1 is 1.42 bits per heavy atom. The Morgan fingerprint density at radius 3 is 3.00 bits per heavy atom. The molecule has 3 heteroatoms. The van der Waals surface area contributed by atoms with E-state index in [1.807, 2.05) is 13.0 Å². The average Bonchev–Trinajstić information content (AvgIpc) is 2.50. The molecule has 0 aromatic carbocycles. The Kier molecular flexibility index (Phi) is 1.81. The highest BCUT2D eigenvalue weighted by Crippen LogP contribution is 2.22. The quantitative estimate of drug-likeness (QED) is 0.670. The first-order valence-corrected chi connectivity index (χ1v) is 4.90. The van der Waals surface area contributed by atoms with Crippen molar-refractivity contribution in [2.45, 2.75) is 20.3 Å². The molecule has 2 heterocycles. The smallest absolute Gasteiger partial charge is 0.126 e. The van der Waals surface area contributed by atoms with Crippen LogP contribution in [0.5, 0.6) is 0 Å². The van der Waals surface area contributed by atoms with Crippen LogP contribution >= 0.6 is 11.3 Å². The Labute approximate surface area is 75.3 Å². The molecule has 0 aliphatic heterocycles. The summed E-state index contributed by atoms with van der Waals surface area (Å²) >= 11 is 1.72. The number of rotatable bonds is 1. The van der Waals surface area contributed by atoms with E-state index >= 15 is 0 Å². The fourth-order valence-electron chi connectivity index (χ4n) is 1.29. The van der Waals surface area contributed by atoms with Gasteiger partial charge in [0.2, 0.25) is 0 Å². The lowest BCUT2D eigenvalue weighted by atomic mass is 10.3. The third-order valence-corrected chi connectivity index (χ3v) is 2.77. The van der Waals surface area contributed by atoms with Crippen LogP contribution in [-0.4, -0.2) is 9.97 Å². The first kappa shape index (κ1) is 7.68. The Bertz CT molecular complexity index is 406. The van der Waals surface area contributed by atoms with Crippen LogP contribution in [0.3, 0.4) is 0 Å². The van der Waals surface area contributed by atoms with Crippen molar-refractivity contribution in [3.63, 3.8) is 0 Å². The monoisotopic (exact) mass is 178 g/mol. The Balaban J connectivity index is 2.80. The van der Waals surface area contributed by atoms with E-state index in [9.17, 15) is 0 Å². The van der Waals surface area contributed by atoms with Crippen molar-refractivity contribution in [1.82, 2.24) is 9.97 Å². The van der Waals surface area contributed by atoms with E-state index in [0.29, 0.717) is 0 Å². The maximum absolute atomic E-state index is 4.39. The van der Waals surface area contributed by atoms with Crippen LogP contribution < -0.4 is 0 Å². The third-order valence-electron chi connectivity index (χ3n) is 1.82.